The Balaban J connectivity index is 2.29. The minimum absolute atomic E-state index is 0.199. The number of rotatable bonds is 5. The molecule has 0 aliphatic carbocycles. The Labute approximate surface area is 132 Å². The molecule has 112 valence electrons. The van der Waals surface area contributed by atoms with Crippen LogP contribution in [0.15, 0.2) is 39.1 Å². The van der Waals surface area contributed by atoms with Crippen molar-refractivity contribution in [3.8, 4) is 0 Å². The Morgan fingerprint density at radius 2 is 2.19 bits per heavy atom. The lowest BCUT2D eigenvalue weighted by atomic mass is 10.2. The van der Waals surface area contributed by atoms with Gasteiger partial charge in [0.15, 0.2) is 5.16 Å². The smallest absolute Gasteiger partial charge is 0.253 e. The van der Waals surface area contributed by atoms with Crippen molar-refractivity contribution in [2.75, 3.05) is 5.73 Å². The van der Waals surface area contributed by atoms with E-state index in [0.29, 0.717) is 22.8 Å². The first kappa shape index (κ1) is 15.9. The Morgan fingerprint density at radius 3 is 2.86 bits per heavy atom. The van der Waals surface area contributed by atoms with Crippen LogP contribution in [0, 0.1) is 0 Å². The summed E-state index contributed by atoms with van der Waals surface area (Å²) in [6.07, 6.45) is 0. The fourth-order valence-corrected chi connectivity index (χ4v) is 2.89. The maximum Gasteiger partial charge on any atom is 0.253 e. The number of hydrogen-bond donors (Lipinski definition) is 3. The second-order valence-electron chi connectivity index (χ2n) is 4.87. The molecule has 4 N–H and O–H groups in total. The van der Waals surface area contributed by atoms with Gasteiger partial charge in [0.2, 0.25) is 0 Å². The molecular formula is C14H17ClN4OS. The van der Waals surface area contributed by atoms with Crippen LogP contribution in [0.25, 0.3) is 0 Å². The van der Waals surface area contributed by atoms with Gasteiger partial charge in [0.25, 0.3) is 5.56 Å². The number of halogens is 1. The van der Waals surface area contributed by atoms with Crippen molar-refractivity contribution in [2.24, 2.45) is 0 Å². The minimum atomic E-state index is -0.270. The van der Waals surface area contributed by atoms with Crippen LogP contribution in [0.5, 0.6) is 0 Å². The van der Waals surface area contributed by atoms with Gasteiger partial charge in [0.05, 0.1) is 0 Å². The average Bonchev–Trinajstić information content (AvgIpc) is 2.36. The van der Waals surface area contributed by atoms with E-state index in [-0.39, 0.29) is 11.4 Å². The van der Waals surface area contributed by atoms with E-state index in [2.05, 4.69) is 29.1 Å². The number of nitrogens with one attached hydrogen (secondary N) is 2. The number of hydrogen-bond acceptors (Lipinski definition) is 5. The average molecular weight is 325 g/mol. The second kappa shape index (κ2) is 6.98. The fourth-order valence-electron chi connectivity index (χ4n) is 1.69. The lowest BCUT2D eigenvalue weighted by Crippen LogP contribution is -2.22. The SMILES string of the molecule is CC(C)NCc1ccc(Cl)cc1Sc1nc(N)cc(=O)[nH]1. The van der Waals surface area contributed by atoms with Crippen molar-refractivity contribution < 1.29 is 0 Å². The van der Waals surface area contributed by atoms with Crippen molar-refractivity contribution in [3.63, 3.8) is 0 Å². The van der Waals surface area contributed by atoms with Crippen LogP contribution in [0.3, 0.4) is 0 Å². The van der Waals surface area contributed by atoms with E-state index in [0.717, 1.165) is 10.5 Å². The number of benzene rings is 1. The van der Waals surface area contributed by atoms with Crippen LogP contribution in [-0.4, -0.2) is 16.0 Å². The van der Waals surface area contributed by atoms with Crippen molar-refractivity contribution in [1.82, 2.24) is 15.3 Å². The summed E-state index contributed by atoms with van der Waals surface area (Å²) in [4.78, 5) is 19.2. The second-order valence-corrected chi connectivity index (χ2v) is 6.33. The van der Waals surface area contributed by atoms with Crippen LogP contribution < -0.4 is 16.6 Å². The zero-order chi connectivity index (χ0) is 15.4. The van der Waals surface area contributed by atoms with Crippen molar-refractivity contribution in [1.29, 1.82) is 0 Å². The highest BCUT2D eigenvalue weighted by Crippen LogP contribution is 2.30. The maximum absolute atomic E-state index is 11.4. The monoisotopic (exact) mass is 324 g/mol. The molecule has 0 aliphatic rings. The topological polar surface area (TPSA) is 83.8 Å². The Kier molecular flexibility index (Phi) is 5.27. The van der Waals surface area contributed by atoms with Crippen LogP contribution >= 0.6 is 23.4 Å². The van der Waals surface area contributed by atoms with Gasteiger partial charge in [-0.1, -0.05) is 43.3 Å². The Morgan fingerprint density at radius 1 is 1.43 bits per heavy atom. The zero-order valence-electron chi connectivity index (χ0n) is 11.8. The maximum atomic E-state index is 11.4. The molecule has 0 amide bonds. The zero-order valence-corrected chi connectivity index (χ0v) is 13.4. The molecule has 1 heterocycles. The summed E-state index contributed by atoms with van der Waals surface area (Å²) in [6.45, 7) is 4.88. The predicted molar refractivity (Wildman–Crippen MR) is 86.8 cm³/mol. The van der Waals surface area contributed by atoms with E-state index in [9.17, 15) is 4.79 Å². The van der Waals surface area contributed by atoms with Gasteiger partial charge < -0.3 is 16.0 Å². The molecule has 7 heteroatoms. The van der Waals surface area contributed by atoms with Gasteiger partial charge in [-0.05, 0) is 17.7 Å². The molecule has 0 unspecified atom stereocenters. The third-order valence-corrected chi connectivity index (χ3v) is 3.90. The highest BCUT2D eigenvalue weighted by atomic mass is 35.5. The molecule has 21 heavy (non-hydrogen) atoms. The number of anilines is 1. The molecule has 5 nitrogen and oxygen atoms in total. The molecular weight excluding hydrogens is 308 g/mol. The first-order valence-electron chi connectivity index (χ1n) is 6.50. The molecule has 0 spiro atoms. The molecule has 0 bridgehead atoms. The number of aromatic nitrogens is 2. The molecule has 0 fully saturated rings. The summed E-state index contributed by atoms with van der Waals surface area (Å²) < 4.78 is 0. The largest absolute Gasteiger partial charge is 0.383 e. The van der Waals surface area contributed by atoms with Gasteiger partial charge in [-0.25, -0.2) is 4.98 Å². The molecule has 1 aromatic carbocycles. The van der Waals surface area contributed by atoms with Crippen molar-refractivity contribution in [2.45, 2.75) is 36.5 Å². The molecule has 0 aliphatic heterocycles. The van der Waals surface area contributed by atoms with Gasteiger partial charge in [0.1, 0.15) is 5.82 Å². The third-order valence-electron chi connectivity index (χ3n) is 2.68. The van der Waals surface area contributed by atoms with Gasteiger partial charge in [-0.3, -0.25) is 4.79 Å². The van der Waals surface area contributed by atoms with E-state index >= 15 is 0 Å². The summed E-state index contributed by atoms with van der Waals surface area (Å²) in [5.74, 6) is 0.199. The number of nitrogens with zero attached hydrogens (tertiary/aromatic N) is 1. The highest BCUT2D eigenvalue weighted by molar-refractivity contribution is 7.99. The van der Waals surface area contributed by atoms with Crippen LogP contribution in [0.2, 0.25) is 5.02 Å². The van der Waals surface area contributed by atoms with Crippen LogP contribution in [-0.2, 0) is 6.54 Å². The van der Waals surface area contributed by atoms with Crippen molar-refractivity contribution >= 4 is 29.2 Å². The van der Waals surface area contributed by atoms with E-state index in [4.69, 9.17) is 17.3 Å². The fraction of sp³-hybridized carbons (Fsp3) is 0.286. The molecule has 1 aromatic heterocycles. The normalized spacial score (nSPS) is 11.0. The van der Waals surface area contributed by atoms with Crippen molar-refractivity contribution in [3.05, 3.63) is 45.2 Å². The highest BCUT2D eigenvalue weighted by Gasteiger charge is 2.08. The van der Waals surface area contributed by atoms with E-state index in [1.54, 1.807) is 0 Å². The molecule has 0 atom stereocenters. The first-order chi connectivity index (χ1) is 9.94. The summed E-state index contributed by atoms with van der Waals surface area (Å²) >= 11 is 7.39. The standard InChI is InChI=1S/C14H17ClN4OS/c1-8(2)17-7-9-3-4-10(15)5-11(9)21-14-18-12(16)6-13(20)19-14/h3-6,8,17H,7H2,1-2H3,(H3,16,18,19,20). The molecule has 2 rings (SSSR count). The van der Waals surface area contributed by atoms with E-state index in [1.807, 2.05) is 18.2 Å². The van der Waals surface area contributed by atoms with Gasteiger partial charge in [-0.15, -0.1) is 0 Å². The molecule has 0 saturated carbocycles. The third kappa shape index (κ3) is 4.77. The number of nitrogens with two attached hydrogens (primary N) is 1. The number of nitrogen functional groups attached to an aromatic ring is 1. The van der Waals surface area contributed by atoms with Crippen LogP contribution in [0.4, 0.5) is 5.82 Å². The molecule has 0 saturated heterocycles. The minimum Gasteiger partial charge on any atom is -0.383 e. The summed E-state index contributed by atoms with van der Waals surface area (Å²) in [5, 5.41) is 4.44. The molecule has 0 radical (unpaired) electrons. The predicted octanol–water partition coefficient (Wildman–Crippen LogP) is 2.65. The summed E-state index contributed by atoms with van der Waals surface area (Å²) in [6, 6.07) is 7.29. The van der Waals surface area contributed by atoms with Crippen LogP contribution in [0.1, 0.15) is 19.4 Å². The van der Waals surface area contributed by atoms with Gasteiger partial charge >= 0.3 is 0 Å². The lowest BCUT2D eigenvalue weighted by molar-refractivity contribution is 0.584. The summed E-state index contributed by atoms with van der Waals surface area (Å²) in [7, 11) is 0. The first-order valence-corrected chi connectivity index (χ1v) is 7.70. The Bertz CT molecular complexity index is 687. The lowest BCUT2D eigenvalue weighted by Gasteiger charge is -2.12. The van der Waals surface area contributed by atoms with E-state index < -0.39 is 0 Å². The molecule has 2 aromatic rings. The number of H-pyrrole nitrogens is 1. The van der Waals surface area contributed by atoms with Gasteiger partial charge in [0, 0.05) is 28.6 Å². The summed E-state index contributed by atoms with van der Waals surface area (Å²) in [5.41, 5.74) is 6.41. The van der Waals surface area contributed by atoms with Gasteiger partial charge in [-0.2, -0.15) is 0 Å². The van der Waals surface area contributed by atoms with E-state index in [1.165, 1.54) is 17.8 Å². The number of aromatic amines is 1. The Hall–Kier alpha value is -1.50. The quantitative estimate of drug-likeness (QED) is 0.736.